The SMILES string of the molecule is Cc1ccc(CN2CC(C(=O)Nc3ccc(C(=O)N4CCCCC4C)cc3C)CC2=O)cc1. The second kappa shape index (κ2) is 9.77. The topological polar surface area (TPSA) is 69.7 Å². The Bertz CT molecular complexity index is 1050. The Hall–Kier alpha value is -3.15. The molecule has 2 saturated heterocycles. The quantitative estimate of drug-likeness (QED) is 0.743. The maximum Gasteiger partial charge on any atom is 0.254 e. The zero-order valence-corrected chi connectivity index (χ0v) is 19.8. The number of piperidine rings is 1. The van der Waals surface area contributed by atoms with Crippen LogP contribution in [0.1, 0.15) is 59.7 Å². The third-order valence-electron chi connectivity index (χ3n) is 6.87. The number of benzene rings is 2. The van der Waals surface area contributed by atoms with E-state index in [0.717, 1.165) is 30.5 Å². The minimum absolute atomic E-state index is 0.00374. The zero-order chi connectivity index (χ0) is 23.5. The van der Waals surface area contributed by atoms with E-state index in [-0.39, 0.29) is 36.1 Å². The number of rotatable bonds is 5. The molecule has 2 aromatic carbocycles. The summed E-state index contributed by atoms with van der Waals surface area (Å²) in [6, 6.07) is 13.8. The Morgan fingerprint density at radius 2 is 1.82 bits per heavy atom. The molecule has 0 spiro atoms. The van der Waals surface area contributed by atoms with Crippen LogP contribution >= 0.6 is 0 Å². The van der Waals surface area contributed by atoms with Crippen LogP contribution in [0.4, 0.5) is 5.69 Å². The molecule has 6 heteroatoms. The van der Waals surface area contributed by atoms with E-state index >= 15 is 0 Å². The Balaban J connectivity index is 1.37. The minimum atomic E-state index is -0.377. The number of hydrogen-bond donors (Lipinski definition) is 1. The molecule has 33 heavy (non-hydrogen) atoms. The van der Waals surface area contributed by atoms with E-state index in [9.17, 15) is 14.4 Å². The largest absolute Gasteiger partial charge is 0.338 e. The van der Waals surface area contributed by atoms with Gasteiger partial charge in [0.05, 0.1) is 5.92 Å². The standard InChI is InChI=1S/C27H33N3O3/c1-18-7-9-21(10-8-18)16-29-17-23(15-25(29)31)26(32)28-24-12-11-22(14-19(24)2)27(33)30-13-5-4-6-20(30)3/h7-12,14,20,23H,4-6,13,15-17H2,1-3H3,(H,28,32). The summed E-state index contributed by atoms with van der Waals surface area (Å²) in [4.78, 5) is 42.0. The monoisotopic (exact) mass is 447 g/mol. The van der Waals surface area contributed by atoms with Gasteiger partial charge in [-0.15, -0.1) is 0 Å². The Labute approximate surface area is 196 Å². The predicted molar refractivity (Wildman–Crippen MR) is 129 cm³/mol. The molecule has 1 N–H and O–H groups in total. The van der Waals surface area contributed by atoms with Gasteiger partial charge in [0.1, 0.15) is 0 Å². The average Bonchev–Trinajstić information content (AvgIpc) is 3.17. The van der Waals surface area contributed by atoms with Crippen molar-refractivity contribution in [3.63, 3.8) is 0 Å². The van der Waals surface area contributed by atoms with Crippen molar-refractivity contribution >= 4 is 23.4 Å². The van der Waals surface area contributed by atoms with Crippen LogP contribution in [0.15, 0.2) is 42.5 Å². The first-order valence-electron chi connectivity index (χ1n) is 11.9. The summed E-state index contributed by atoms with van der Waals surface area (Å²) in [5.41, 5.74) is 4.43. The van der Waals surface area contributed by atoms with Crippen molar-refractivity contribution in [3.8, 4) is 0 Å². The first kappa shape index (κ1) is 23.0. The lowest BCUT2D eigenvalue weighted by Crippen LogP contribution is -2.42. The molecule has 3 amide bonds. The maximum atomic E-state index is 12.9. The fourth-order valence-electron chi connectivity index (χ4n) is 4.75. The van der Waals surface area contributed by atoms with Gasteiger partial charge >= 0.3 is 0 Å². The molecule has 2 aromatic rings. The number of amides is 3. The highest BCUT2D eigenvalue weighted by molar-refractivity contribution is 5.99. The molecule has 6 nitrogen and oxygen atoms in total. The van der Waals surface area contributed by atoms with Gasteiger partial charge in [0, 0.05) is 43.3 Å². The minimum Gasteiger partial charge on any atom is -0.338 e. The molecule has 4 rings (SSSR count). The Morgan fingerprint density at radius 3 is 2.52 bits per heavy atom. The third-order valence-corrected chi connectivity index (χ3v) is 6.87. The first-order valence-corrected chi connectivity index (χ1v) is 11.9. The van der Waals surface area contributed by atoms with Crippen LogP contribution < -0.4 is 5.32 Å². The molecule has 174 valence electrons. The fraction of sp³-hybridized carbons (Fsp3) is 0.444. The van der Waals surface area contributed by atoms with Crippen LogP contribution in [0.5, 0.6) is 0 Å². The summed E-state index contributed by atoms with van der Waals surface area (Å²) in [5, 5.41) is 2.98. The highest BCUT2D eigenvalue weighted by Crippen LogP contribution is 2.25. The van der Waals surface area contributed by atoms with Gasteiger partial charge in [-0.1, -0.05) is 29.8 Å². The van der Waals surface area contributed by atoms with E-state index in [4.69, 9.17) is 0 Å². The molecule has 0 aromatic heterocycles. The molecule has 2 heterocycles. The molecule has 0 radical (unpaired) electrons. The molecule has 0 bridgehead atoms. The van der Waals surface area contributed by atoms with Crippen LogP contribution in [0.2, 0.25) is 0 Å². The second-order valence-corrected chi connectivity index (χ2v) is 9.52. The van der Waals surface area contributed by atoms with Gasteiger partial charge in [-0.2, -0.15) is 0 Å². The maximum absolute atomic E-state index is 12.9. The summed E-state index contributed by atoms with van der Waals surface area (Å²) >= 11 is 0. The van der Waals surface area contributed by atoms with Gasteiger partial charge in [0.2, 0.25) is 11.8 Å². The number of nitrogens with zero attached hydrogens (tertiary/aromatic N) is 2. The van der Waals surface area contributed by atoms with Gasteiger partial charge in [0.25, 0.3) is 5.91 Å². The van der Waals surface area contributed by atoms with E-state index < -0.39 is 0 Å². The van der Waals surface area contributed by atoms with Crippen molar-refractivity contribution < 1.29 is 14.4 Å². The number of aryl methyl sites for hydroxylation is 2. The molecule has 2 aliphatic rings. The van der Waals surface area contributed by atoms with E-state index in [1.165, 1.54) is 12.0 Å². The lowest BCUT2D eigenvalue weighted by molar-refractivity contribution is -0.128. The summed E-state index contributed by atoms with van der Waals surface area (Å²) in [5.74, 6) is -0.472. The van der Waals surface area contributed by atoms with Gasteiger partial charge in [-0.3, -0.25) is 14.4 Å². The molecule has 2 unspecified atom stereocenters. The highest BCUT2D eigenvalue weighted by atomic mass is 16.2. The van der Waals surface area contributed by atoms with Crippen molar-refractivity contribution in [2.75, 3.05) is 18.4 Å². The van der Waals surface area contributed by atoms with Gasteiger partial charge in [-0.05, 0) is 69.4 Å². The average molecular weight is 448 g/mol. The highest BCUT2D eigenvalue weighted by Gasteiger charge is 2.34. The lowest BCUT2D eigenvalue weighted by atomic mass is 10.0. The first-order chi connectivity index (χ1) is 15.8. The normalized spacial score (nSPS) is 20.8. The number of carbonyl (C=O) groups is 3. The van der Waals surface area contributed by atoms with E-state index in [2.05, 4.69) is 12.2 Å². The van der Waals surface area contributed by atoms with E-state index in [1.807, 2.05) is 49.1 Å². The van der Waals surface area contributed by atoms with Crippen molar-refractivity contribution in [3.05, 3.63) is 64.7 Å². The smallest absolute Gasteiger partial charge is 0.254 e. The molecule has 2 aliphatic heterocycles. The van der Waals surface area contributed by atoms with Gasteiger partial charge in [0.15, 0.2) is 0 Å². The van der Waals surface area contributed by atoms with E-state index in [0.29, 0.717) is 24.3 Å². The van der Waals surface area contributed by atoms with Gasteiger partial charge < -0.3 is 15.1 Å². The van der Waals surface area contributed by atoms with Crippen LogP contribution in [-0.4, -0.2) is 46.7 Å². The summed E-state index contributed by atoms with van der Waals surface area (Å²) in [6.45, 7) is 7.77. The molecule has 0 aliphatic carbocycles. The van der Waals surface area contributed by atoms with Crippen LogP contribution in [0.3, 0.4) is 0 Å². The van der Waals surface area contributed by atoms with Crippen molar-refractivity contribution in [1.29, 1.82) is 0 Å². The molecule has 2 fully saturated rings. The molecular weight excluding hydrogens is 414 g/mol. The number of nitrogens with one attached hydrogen (secondary N) is 1. The fourth-order valence-corrected chi connectivity index (χ4v) is 4.75. The van der Waals surface area contributed by atoms with Crippen LogP contribution in [0, 0.1) is 19.8 Å². The second-order valence-electron chi connectivity index (χ2n) is 9.52. The Morgan fingerprint density at radius 1 is 1.06 bits per heavy atom. The van der Waals surface area contributed by atoms with Crippen molar-refractivity contribution in [2.24, 2.45) is 5.92 Å². The lowest BCUT2D eigenvalue weighted by Gasteiger charge is -2.33. The van der Waals surface area contributed by atoms with Gasteiger partial charge in [-0.25, -0.2) is 0 Å². The zero-order valence-electron chi connectivity index (χ0n) is 19.8. The summed E-state index contributed by atoms with van der Waals surface area (Å²) < 4.78 is 0. The number of likely N-dealkylation sites (tertiary alicyclic amines) is 2. The number of anilines is 1. The van der Waals surface area contributed by atoms with Crippen molar-refractivity contribution in [1.82, 2.24) is 9.80 Å². The van der Waals surface area contributed by atoms with E-state index in [1.54, 1.807) is 17.0 Å². The molecule has 2 atom stereocenters. The third kappa shape index (κ3) is 5.27. The number of carbonyl (C=O) groups excluding carboxylic acids is 3. The summed E-state index contributed by atoms with van der Waals surface area (Å²) in [7, 11) is 0. The molecular formula is C27H33N3O3. The summed E-state index contributed by atoms with van der Waals surface area (Å²) in [6.07, 6.45) is 3.48. The Kier molecular flexibility index (Phi) is 6.82. The van der Waals surface area contributed by atoms with Crippen LogP contribution in [0.25, 0.3) is 0 Å². The predicted octanol–water partition coefficient (Wildman–Crippen LogP) is 4.31. The molecule has 0 saturated carbocycles. The number of hydrogen-bond acceptors (Lipinski definition) is 3. The van der Waals surface area contributed by atoms with Crippen molar-refractivity contribution in [2.45, 2.75) is 59.0 Å². The van der Waals surface area contributed by atoms with Crippen LogP contribution in [-0.2, 0) is 16.1 Å².